The summed E-state index contributed by atoms with van der Waals surface area (Å²) in [4.78, 5) is 7.55. The van der Waals surface area contributed by atoms with Gasteiger partial charge in [0.25, 0.3) is 0 Å². The second-order valence-corrected chi connectivity index (χ2v) is 6.76. The summed E-state index contributed by atoms with van der Waals surface area (Å²) in [5.74, 6) is 1.15. The van der Waals surface area contributed by atoms with Gasteiger partial charge in [0.2, 0.25) is 0 Å². The molecule has 0 bridgehead atoms. The fraction of sp³-hybridized carbons (Fsp3) is 0.944. The molecule has 0 amide bonds. The first kappa shape index (κ1) is 17.6. The minimum atomic E-state index is 0. The van der Waals surface area contributed by atoms with Crippen molar-refractivity contribution in [3.05, 3.63) is 0 Å². The third kappa shape index (κ3) is 5.79. The highest BCUT2D eigenvalue weighted by atomic mass is 16.5. The number of hydrogen-bond acceptors (Lipinski definition) is 2. The summed E-state index contributed by atoms with van der Waals surface area (Å²) in [5.41, 5.74) is 0. The van der Waals surface area contributed by atoms with E-state index in [4.69, 9.17) is 9.73 Å². The van der Waals surface area contributed by atoms with E-state index in [1.165, 1.54) is 57.8 Å². The van der Waals surface area contributed by atoms with E-state index in [1.54, 1.807) is 0 Å². The van der Waals surface area contributed by atoms with Crippen LogP contribution < -0.4 is 5.32 Å². The first-order chi connectivity index (χ1) is 10.8. The Bertz CT molecular complexity index is 320. The van der Waals surface area contributed by atoms with Gasteiger partial charge in [0, 0.05) is 20.6 Å². The lowest BCUT2D eigenvalue weighted by molar-refractivity contribution is 0.0658. The molecule has 130 valence electrons. The number of nitrogens with zero attached hydrogens (tertiary/aromatic N) is 2. The SMILES string of the molecule is CCCC(CCC)NC(=NC1CCCCC1)N1CCOCC1.[HH]. The van der Waals surface area contributed by atoms with Crippen molar-refractivity contribution >= 4 is 5.96 Å². The summed E-state index contributed by atoms with van der Waals surface area (Å²) >= 11 is 0. The highest BCUT2D eigenvalue weighted by Crippen LogP contribution is 2.21. The first-order valence-electron chi connectivity index (χ1n) is 9.50. The van der Waals surface area contributed by atoms with Crippen LogP contribution in [-0.4, -0.2) is 49.2 Å². The van der Waals surface area contributed by atoms with E-state index in [2.05, 4.69) is 24.1 Å². The largest absolute Gasteiger partial charge is 0.378 e. The number of ether oxygens (including phenoxy) is 1. The van der Waals surface area contributed by atoms with Crippen LogP contribution in [0.25, 0.3) is 0 Å². The highest BCUT2D eigenvalue weighted by Gasteiger charge is 2.21. The van der Waals surface area contributed by atoms with Gasteiger partial charge in [-0.2, -0.15) is 0 Å². The Balaban J connectivity index is 0.00000264. The molecule has 0 spiro atoms. The number of rotatable bonds is 6. The highest BCUT2D eigenvalue weighted by molar-refractivity contribution is 5.80. The number of guanidine groups is 1. The smallest absolute Gasteiger partial charge is 0.194 e. The van der Waals surface area contributed by atoms with Crippen molar-refractivity contribution in [2.45, 2.75) is 83.7 Å². The molecular weight excluding hydrogens is 274 g/mol. The summed E-state index contributed by atoms with van der Waals surface area (Å²) < 4.78 is 5.52. The molecule has 0 unspecified atom stereocenters. The summed E-state index contributed by atoms with van der Waals surface area (Å²) in [5, 5.41) is 3.79. The van der Waals surface area contributed by atoms with Gasteiger partial charge in [-0.3, -0.25) is 0 Å². The van der Waals surface area contributed by atoms with Gasteiger partial charge < -0.3 is 15.0 Å². The fourth-order valence-corrected chi connectivity index (χ4v) is 3.54. The lowest BCUT2D eigenvalue weighted by Crippen LogP contribution is -2.50. The molecule has 2 rings (SSSR count). The topological polar surface area (TPSA) is 36.9 Å². The molecule has 1 aliphatic carbocycles. The average molecular weight is 312 g/mol. The van der Waals surface area contributed by atoms with Crippen LogP contribution in [0.4, 0.5) is 0 Å². The van der Waals surface area contributed by atoms with Gasteiger partial charge in [-0.1, -0.05) is 46.0 Å². The maximum atomic E-state index is 5.52. The van der Waals surface area contributed by atoms with Crippen LogP contribution in [0.15, 0.2) is 4.99 Å². The molecule has 0 aromatic rings. The maximum absolute atomic E-state index is 5.52. The first-order valence-corrected chi connectivity index (χ1v) is 9.50. The molecular formula is C18H37N3O. The second-order valence-electron chi connectivity index (χ2n) is 6.76. The third-order valence-electron chi connectivity index (χ3n) is 4.80. The Morgan fingerprint density at radius 2 is 1.77 bits per heavy atom. The van der Waals surface area contributed by atoms with Gasteiger partial charge in [0.05, 0.1) is 19.3 Å². The lowest BCUT2D eigenvalue weighted by atomic mass is 9.96. The molecule has 2 aliphatic rings. The molecule has 2 fully saturated rings. The normalized spacial score (nSPS) is 21.4. The van der Waals surface area contributed by atoms with E-state index >= 15 is 0 Å². The molecule has 4 nitrogen and oxygen atoms in total. The monoisotopic (exact) mass is 311 g/mol. The number of morpholine rings is 1. The Labute approximate surface area is 138 Å². The number of hydrogen-bond donors (Lipinski definition) is 1. The summed E-state index contributed by atoms with van der Waals surface area (Å²) in [6.07, 6.45) is 11.6. The Morgan fingerprint density at radius 1 is 1.14 bits per heavy atom. The molecule has 0 aromatic carbocycles. The Hall–Kier alpha value is -0.770. The van der Waals surface area contributed by atoms with Gasteiger partial charge in [0.15, 0.2) is 5.96 Å². The Kier molecular flexibility index (Phi) is 8.06. The van der Waals surface area contributed by atoms with Crippen molar-refractivity contribution in [3.63, 3.8) is 0 Å². The molecule has 1 saturated heterocycles. The zero-order chi connectivity index (χ0) is 15.6. The van der Waals surface area contributed by atoms with Crippen molar-refractivity contribution in [1.29, 1.82) is 0 Å². The minimum absolute atomic E-state index is 0. The molecule has 1 aliphatic heterocycles. The minimum Gasteiger partial charge on any atom is -0.378 e. The van der Waals surface area contributed by atoms with Gasteiger partial charge in [-0.25, -0.2) is 4.99 Å². The Morgan fingerprint density at radius 3 is 2.36 bits per heavy atom. The summed E-state index contributed by atoms with van der Waals surface area (Å²) in [7, 11) is 0. The molecule has 1 N–H and O–H groups in total. The molecule has 1 heterocycles. The quantitative estimate of drug-likeness (QED) is 0.598. The predicted octanol–water partition coefficient (Wildman–Crippen LogP) is 3.81. The average Bonchev–Trinajstić information content (AvgIpc) is 2.56. The molecule has 0 radical (unpaired) electrons. The van der Waals surface area contributed by atoms with Gasteiger partial charge in [-0.05, 0) is 25.7 Å². The van der Waals surface area contributed by atoms with Crippen LogP contribution in [-0.2, 0) is 4.74 Å². The van der Waals surface area contributed by atoms with Gasteiger partial charge in [-0.15, -0.1) is 0 Å². The van der Waals surface area contributed by atoms with Crippen molar-refractivity contribution < 1.29 is 6.16 Å². The molecule has 1 saturated carbocycles. The van der Waals surface area contributed by atoms with E-state index < -0.39 is 0 Å². The lowest BCUT2D eigenvalue weighted by Gasteiger charge is -2.34. The fourth-order valence-electron chi connectivity index (χ4n) is 3.54. The van der Waals surface area contributed by atoms with E-state index in [9.17, 15) is 0 Å². The van der Waals surface area contributed by atoms with Gasteiger partial charge in [0.1, 0.15) is 0 Å². The van der Waals surface area contributed by atoms with Crippen molar-refractivity contribution in [1.82, 2.24) is 10.2 Å². The maximum Gasteiger partial charge on any atom is 0.194 e. The van der Waals surface area contributed by atoms with Crippen molar-refractivity contribution in [2.75, 3.05) is 26.3 Å². The van der Waals surface area contributed by atoms with E-state index in [0.717, 1.165) is 32.3 Å². The molecule has 0 atom stereocenters. The third-order valence-corrected chi connectivity index (χ3v) is 4.80. The summed E-state index contributed by atoms with van der Waals surface area (Å²) in [6, 6.07) is 1.10. The second kappa shape index (κ2) is 10.1. The van der Waals surface area contributed by atoms with Crippen LogP contribution >= 0.6 is 0 Å². The predicted molar refractivity (Wildman–Crippen MR) is 95.6 cm³/mol. The van der Waals surface area contributed by atoms with E-state index in [-0.39, 0.29) is 1.43 Å². The molecule has 22 heavy (non-hydrogen) atoms. The van der Waals surface area contributed by atoms with E-state index in [0.29, 0.717) is 12.1 Å². The molecule has 4 heteroatoms. The van der Waals surface area contributed by atoms with Crippen LogP contribution in [0.3, 0.4) is 0 Å². The summed E-state index contributed by atoms with van der Waals surface area (Å²) in [6.45, 7) is 8.16. The molecule has 0 aromatic heterocycles. The van der Waals surface area contributed by atoms with Crippen molar-refractivity contribution in [2.24, 2.45) is 4.99 Å². The van der Waals surface area contributed by atoms with Crippen LogP contribution in [0.2, 0.25) is 0 Å². The van der Waals surface area contributed by atoms with Gasteiger partial charge >= 0.3 is 0 Å². The number of nitrogens with one attached hydrogen (secondary N) is 1. The zero-order valence-electron chi connectivity index (χ0n) is 14.6. The zero-order valence-corrected chi connectivity index (χ0v) is 14.6. The van der Waals surface area contributed by atoms with Crippen LogP contribution in [0.5, 0.6) is 0 Å². The van der Waals surface area contributed by atoms with Crippen LogP contribution in [0, 0.1) is 0 Å². The van der Waals surface area contributed by atoms with E-state index in [1.807, 2.05) is 0 Å². The standard InChI is InChI=1S/C18H35N3O.H2/c1-3-8-16(9-4-2)19-18(21-12-14-22-15-13-21)20-17-10-6-5-7-11-17;/h16-17H,3-15H2,1-2H3,(H,19,20);1H. The van der Waals surface area contributed by atoms with Crippen LogP contribution in [0.1, 0.15) is 73.1 Å². The van der Waals surface area contributed by atoms with Crippen molar-refractivity contribution in [3.8, 4) is 0 Å². The number of aliphatic imine (C=N–C) groups is 1.